The normalized spacial score (nSPS) is 24.4. The van der Waals surface area contributed by atoms with Gasteiger partial charge in [0.05, 0.1) is 12.2 Å². The lowest BCUT2D eigenvalue weighted by Crippen LogP contribution is -1.91. The topological polar surface area (TPSA) is 60.7 Å². The second-order valence-corrected chi connectivity index (χ2v) is 15.6. The minimum Gasteiger partial charge on any atom is -0.389 e. The number of rotatable bonds is 21. The Labute approximate surface area is 316 Å². The standard InChI is InChI=1S/3C16H26O/c3*1-3-4-7-11-15-13-16(15)12-9-6-5-8-10-14(2)17/h2*8,10,14-17H,3-4,7,9,11-13H2,1-2H3;5-6,14-17H,3-4,7,9,11-13H2,1-2H3/b2*10-8+;6-5-/t14-,15+,16+;2*14-,15-,16-/m011/s1. The monoisotopic (exact) mass is 703 g/mol. The van der Waals surface area contributed by atoms with Gasteiger partial charge in [0, 0.05) is 12.8 Å². The van der Waals surface area contributed by atoms with Crippen LogP contribution in [0.3, 0.4) is 0 Å². The summed E-state index contributed by atoms with van der Waals surface area (Å²) in [4.78, 5) is 0. The van der Waals surface area contributed by atoms with Crippen molar-refractivity contribution in [1.82, 2.24) is 0 Å². The van der Waals surface area contributed by atoms with Gasteiger partial charge in [0.2, 0.25) is 0 Å². The summed E-state index contributed by atoms with van der Waals surface area (Å²) in [5.74, 6) is 23.8. The summed E-state index contributed by atoms with van der Waals surface area (Å²) in [5, 5.41) is 26.9. The lowest BCUT2D eigenvalue weighted by atomic mass is 10.1. The van der Waals surface area contributed by atoms with E-state index in [0.29, 0.717) is 0 Å². The number of hydrogen-bond donors (Lipinski definition) is 3. The number of aliphatic hydroxyl groups excluding tert-OH is 3. The van der Waals surface area contributed by atoms with E-state index in [4.69, 9.17) is 15.3 Å². The summed E-state index contributed by atoms with van der Waals surface area (Å²) in [5.41, 5.74) is 0. The van der Waals surface area contributed by atoms with Crippen LogP contribution in [-0.2, 0) is 0 Å². The molecule has 0 aromatic rings. The largest absolute Gasteiger partial charge is 0.389 e. The average Bonchev–Trinajstić information content (AvgIpc) is 4.02. The van der Waals surface area contributed by atoms with Gasteiger partial charge in [0.1, 0.15) is 6.10 Å². The van der Waals surface area contributed by atoms with Gasteiger partial charge in [-0.05, 0) is 132 Å². The van der Waals surface area contributed by atoms with Crippen molar-refractivity contribution in [3.05, 3.63) is 36.5 Å². The molecule has 3 heteroatoms. The van der Waals surface area contributed by atoms with Crippen molar-refractivity contribution in [2.24, 2.45) is 35.5 Å². The summed E-state index contributed by atoms with van der Waals surface area (Å²) < 4.78 is 0. The van der Waals surface area contributed by atoms with Crippen molar-refractivity contribution >= 4 is 0 Å². The highest BCUT2D eigenvalue weighted by Crippen LogP contribution is 2.46. The Bertz CT molecular complexity index is 1060. The van der Waals surface area contributed by atoms with Gasteiger partial charge in [-0.2, -0.15) is 0 Å². The molecule has 0 amide bonds. The number of allylic oxidation sites excluding steroid dienone is 4. The van der Waals surface area contributed by atoms with E-state index in [1.54, 1.807) is 45.1 Å². The van der Waals surface area contributed by atoms with E-state index in [2.05, 4.69) is 62.4 Å². The second kappa shape index (κ2) is 31.3. The molecule has 3 nitrogen and oxygen atoms in total. The minimum absolute atomic E-state index is 0.379. The van der Waals surface area contributed by atoms with Gasteiger partial charge in [-0.15, -0.1) is 0 Å². The van der Waals surface area contributed by atoms with Crippen molar-refractivity contribution in [1.29, 1.82) is 0 Å². The zero-order chi connectivity index (χ0) is 37.5. The van der Waals surface area contributed by atoms with Crippen molar-refractivity contribution in [3.63, 3.8) is 0 Å². The molecule has 0 heterocycles. The van der Waals surface area contributed by atoms with Crippen LogP contribution in [0.2, 0.25) is 0 Å². The first-order valence-corrected chi connectivity index (χ1v) is 21.2. The molecule has 0 radical (unpaired) electrons. The zero-order valence-electron chi connectivity index (χ0n) is 33.9. The summed E-state index contributed by atoms with van der Waals surface area (Å²) in [6.07, 6.45) is 37.8. The summed E-state index contributed by atoms with van der Waals surface area (Å²) >= 11 is 0. The Morgan fingerprint density at radius 3 is 1.27 bits per heavy atom. The Morgan fingerprint density at radius 1 is 0.510 bits per heavy atom. The van der Waals surface area contributed by atoms with Crippen LogP contribution in [0.1, 0.15) is 176 Å². The molecule has 0 spiro atoms. The maximum Gasteiger partial charge on any atom is 0.112 e. The molecule has 0 bridgehead atoms. The van der Waals surface area contributed by atoms with Gasteiger partial charge < -0.3 is 15.3 Å². The Balaban J connectivity index is 0.000000382. The molecule has 0 aromatic carbocycles. The van der Waals surface area contributed by atoms with Crippen LogP contribution in [-0.4, -0.2) is 33.6 Å². The van der Waals surface area contributed by atoms with E-state index in [-0.39, 0.29) is 12.2 Å². The van der Waals surface area contributed by atoms with Gasteiger partial charge in [0.25, 0.3) is 0 Å². The predicted octanol–water partition coefficient (Wildman–Crippen LogP) is 11.8. The van der Waals surface area contributed by atoms with Gasteiger partial charge in [0.15, 0.2) is 0 Å². The molecule has 288 valence electrons. The van der Waals surface area contributed by atoms with E-state index >= 15 is 0 Å². The van der Waals surface area contributed by atoms with Gasteiger partial charge in [-0.3, -0.25) is 0 Å². The molecular formula is C48H78O3. The third-order valence-electron chi connectivity index (χ3n) is 10.3. The van der Waals surface area contributed by atoms with E-state index in [9.17, 15) is 0 Å². The maximum atomic E-state index is 8.99. The Hall–Kier alpha value is -2.22. The number of unbranched alkanes of at least 4 members (excludes halogenated alkanes) is 6. The van der Waals surface area contributed by atoms with Crippen LogP contribution >= 0.6 is 0 Å². The maximum absolute atomic E-state index is 8.99. The van der Waals surface area contributed by atoms with Gasteiger partial charge in [-0.1, -0.05) is 139 Å². The van der Waals surface area contributed by atoms with Crippen LogP contribution in [0.15, 0.2) is 36.5 Å². The third kappa shape index (κ3) is 30.0. The van der Waals surface area contributed by atoms with Crippen molar-refractivity contribution in [2.75, 3.05) is 0 Å². The predicted molar refractivity (Wildman–Crippen MR) is 221 cm³/mol. The van der Waals surface area contributed by atoms with Gasteiger partial charge in [-0.25, -0.2) is 0 Å². The van der Waals surface area contributed by atoms with Crippen LogP contribution in [0.25, 0.3) is 0 Å². The molecule has 0 saturated heterocycles. The van der Waals surface area contributed by atoms with Crippen molar-refractivity contribution < 1.29 is 15.3 Å². The Morgan fingerprint density at radius 2 is 0.902 bits per heavy atom. The molecular weight excluding hydrogens is 625 g/mol. The summed E-state index contributed by atoms with van der Waals surface area (Å²) in [6.45, 7) is 12.0. The molecule has 3 aliphatic carbocycles. The first-order chi connectivity index (χ1) is 24.7. The SMILES string of the molecule is CCCCC[C@@H]1C[C@H]1CC/C=C\C#C[C@@H](C)O.CCCCC[C@@H]1C[C@H]1CCC#C/C=C/[C@@H](C)O.CCCCC[C@@H]1C[C@H]1CCC#C/C=C/[C@H](C)O. The molecule has 3 aliphatic rings. The van der Waals surface area contributed by atoms with Crippen molar-refractivity contribution in [3.8, 4) is 35.5 Å². The zero-order valence-corrected chi connectivity index (χ0v) is 33.9. The van der Waals surface area contributed by atoms with Crippen LogP contribution in [0.4, 0.5) is 0 Å². The fourth-order valence-electron chi connectivity index (χ4n) is 6.80. The lowest BCUT2D eigenvalue weighted by Gasteiger charge is -1.97. The molecule has 9 atom stereocenters. The minimum atomic E-state index is -0.508. The summed E-state index contributed by atoms with van der Waals surface area (Å²) in [7, 11) is 0. The highest BCUT2D eigenvalue weighted by atomic mass is 16.3. The fourth-order valence-corrected chi connectivity index (χ4v) is 6.80. The number of hydrogen-bond acceptors (Lipinski definition) is 3. The molecule has 3 rings (SSSR count). The molecule has 0 unspecified atom stereocenters. The summed E-state index contributed by atoms with van der Waals surface area (Å²) in [6, 6.07) is 0. The van der Waals surface area contributed by atoms with Gasteiger partial charge >= 0.3 is 0 Å². The van der Waals surface area contributed by atoms with E-state index in [1.165, 1.54) is 116 Å². The Kier molecular flexibility index (Phi) is 28.7. The smallest absolute Gasteiger partial charge is 0.112 e. The van der Waals surface area contributed by atoms with Crippen molar-refractivity contribution in [2.45, 2.75) is 195 Å². The second-order valence-electron chi connectivity index (χ2n) is 15.6. The van der Waals surface area contributed by atoms with Crippen LogP contribution in [0, 0.1) is 71.0 Å². The van der Waals surface area contributed by atoms with Crippen LogP contribution < -0.4 is 0 Å². The van der Waals surface area contributed by atoms with E-state index < -0.39 is 6.10 Å². The molecule has 0 aromatic heterocycles. The first-order valence-electron chi connectivity index (χ1n) is 21.2. The number of aliphatic hydroxyl groups is 3. The lowest BCUT2D eigenvalue weighted by molar-refractivity contribution is 0.244. The average molecular weight is 703 g/mol. The molecule has 3 saturated carbocycles. The molecule has 0 aliphatic heterocycles. The quantitative estimate of drug-likeness (QED) is 0.0824. The molecule has 3 N–H and O–H groups in total. The van der Waals surface area contributed by atoms with E-state index in [0.717, 1.165) is 54.8 Å². The van der Waals surface area contributed by atoms with E-state index in [1.807, 2.05) is 6.08 Å². The van der Waals surface area contributed by atoms with Crippen LogP contribution in [0.5, 0.6) is 0 Å². The molecule has 51 heavy (non-hydrogen) atoms. The highest BCUT2D eigenvalue weighted by Gasteiger charge is 2.36. The third-order valence-corrected chi connectivity index (χ3v) is 10.3. The first kappa shape index (κ1) is 46.8. The highest BCUT2D eigenvalue weighted by molar-refractivity contribution is 5.18. The fraction of sp³-hybridized carbons (Fsp3) is 0.750. The molecule has 3 fully saturated rings.